The summed E-state index contributed by atoms with van der Waals surface area (Å²) in [6, 6.07) is 2.63. The summed E-state index contributed by atoms with van der Waals surface area (Å²) < 4.78 is 28.8. The second-order valence-electron chi connectivity index (χ2n) is 4.57. The molecule has 0 aromatic heterocycles. The van der Waals surface area contributed by atoms with Gasteiger partial charge in [0.1, 0.15) is 0 Å². The van der Waals surface area contributed by atoms with Crippen LogP contribution >= 0.6 is 0 Å². The maximum atomic E-state index is 11.9. The minimum Gasteiger partial charge on any atom is -0.462 e. The van der Waals surface area contributed by atoms with Crippen molar-refractivity contribution in [3.8, 4) is 0 Å². The molecule has 0 unspecified atom stereocenters. The number of anilines is 1. The van der Waals surface area contributed by atoms with E-state index < -0.39 is 21.7 Å². The summed E-state index contributed by atoms with van der Waals surface area (Å²) in [5.74, 6) is -1.11. The first-order chi connectivity index (χ1) is 10.1. The maximum absolute atomic E-state index is 11.9. The van der Waals surface area contributed by atoms with Crippen LogP contribution in [0.15, 0.2) is 17.0 Å². The first-order valence-corrected chi connectivity index (χ1v) is 8.39. The minimum atomic E-state index is -3.63. The molecule has 7 nitrogen and oxygen atoms in total. The van der Waals surface area contributed by atoms with Gasteiger partial charge in [-0.15, -0.1) is 0 Å². The Bertz CT molecular complexity index is 696. The van der Waals surface area contributed by atoms with Crippen molar-refractivity contribution in [2.45, 2.75) is 25.7 Å². The van der Waals surface area contributed by atoms with E-state index in [2.05, 4.69) is 0 Å². The number of nitrogens with zero attached hydrogens (tertiary/aromatic N) is 1. The van der Waals surface area contributed by atoms with Gasteiger partial charge in [0.25, 0.3) is 0 Å². The molecule has 1 amide bonds. The van der Waals surface area contributed by atoms with Gasteiger partial charge in [0, 0.05) is 13.2 Å². The Morgan fingerprint density at radius 2 is 1.86 bits per heavy atom. The Hall–Kier alpha value is -1.93. The fourth-order valence-electron chi connectivity index (χ4n) is 2.03. The zero-order valence-electron chi connectivity index (χ0n) is 13.2. The van der Waals surface area contributed by atoms with Gasteiger partial charge in [-0.1, -0.05) is 0 Å². The van der Waals surface area contributed by atoms with Gasteiger partial charge in [-0.05, 0) is 31.5 Å². The molecule has 22 heavy (non-hydrogen) atoms. The van der Waals surface area contributed by atoms with Gasteiger partial charge in [0.15, 0.2) is 9.84 Å². The number of esters is 1. The number of ether oxygens (including phenoxy) is 1. The average Bonchev–Trinajstić information content (AvgIpc) is 2.39. The third-order valence-corrected chi connectivity index (χ3v) is 4.09. The summed E-state index contributed by atoms with van der Waals surface area (Å²) in [5, 5.41) is 0.842. The molecule has 0 aliphatic carbocycles. The predicted molar refractivity (Wildman–Crippen MR) is 80.4 cm³/mol. The zero-order chi connectivity index (χ0) is 17.1. The molecule has 0 spiro atoms. The molecular formula is C14H19NO6S. The Labute approximate surface area is 129 Å². The molecule has 0 saturated carbocycles. The molecule has 122 valence electrons. The van der Waals surface area contributed by atoms with Gasteiger partial charge in [0.2, 0.25) is 5.91 Å². The third-order valence-electron chi connectivity index (χ3n) is 2.96. The fourth-order valence-corrected chi connectivity index (χ4v) is 2.94. The van der Waals surface area contributed by atoms with Crippen LogP contribution in [-0.2, 0) is 24.2 Å². The van der Waals surface area contributed by atoms with Crippen molar-refractivity contribution in [3.63, 3.8) is 0 Å². The van der Waals surface area contributed by atoms with Crippen LogP contribution in [0.3, 0.4) is 0 Å². The minimum absolute atomic E-state index is 0.0167. The number of rotatable bonds is 5. The quantitative estimate of drug-likeness (QED) is 0.600. The lowest BCUT2D eigenvalue weighted by molar-refractivity contribution is -0.122. The molecule has 0 aliphatic rings. The number of hydroxylamine groups is 1. The second kappa shape index (κ2) is 6.89. The predicted octanol–water partition coefficient (Wildman–Crippen LogP) is 1.49. The SMILES string of the molecule is CCOC(=O)c1ccc(S(C)(=O)=O)c(N(OC)C(C)=O)c1C. The van der Waals surface area contributed by atoms with Crippen LogP contribution in [0.1, 0.15) is 29.8 Å². The Morgan fingerprint density at radius 3 is 2.27 bits per heavy atom. The van der Waals surface area contributed by atoms with Gasteiger partial charge in [-0.3, -0.25) is 9.63 Å². The first kappa shape index (κ1) is 18.1. The molecule has 1 aromatic carbocycles. The summed E-state index contributed by atoms with van der Waals surface area (Å²) >= 11 is 0. The van der Waals surface area contributed by atoms with Crippen LogP contribution in [0.2, 0.25) is 0 Å². The number of benzene rings is 1. The summed E-state index contributed by atoms with van der Waals surface area (Å²) in [6.07, 6.45) is 1.02. The zero-order valence-corrected chi connectivity index (χ0v) is 14.0. The Kier molecular flexibility index (Phi) is 5.67. The highest BCUT2D eigenvalue weighted by molar-refractivity contribution is 7.90. The van der Waals surface area contributed by atoms with Gasteiger partial charge in [-0.25, -0.2) is 13.2 Å². The summed E-state index contributed by atoms with van der Waals surface area (Å²) in [5.41, 5.74) is 0.481. The Morgan fingerprint density at radius 1 is 1.27 bits per heavy atom. The van der Waals surface area contributed by atoms with Crippen LogP contribution < -0.4 is 5.06 Å². The highest BCUT2D eigenvalue weighted by atomic mass is 32.2. The number of amides is 1. The van der Waals surface area contributed by atoms with Crippen LogP contribution in [-0.4, -0.2) is 40.3 Å². The van der Waals surface area contributed by atoms with Crippen LogP contribution in [0.4, 0.5) is 5.69 Å². The van der Waals surface area contributed by atoms with Crippen molar-refractivity contribution in [1.82, 2.24) is 0 Å². The molecular weight excluding hydrogens is 310 g/mol. The highest BCUT2D eigenvalue weighted by Crippen LogP contribution is 2.32. The molecule has 1 aromatic rings. The standard InChI is InChI=1S/C14H19NO6S/c1-6-21-14(17)11-7-8-12(22(5,18)19)13(9(11)2)15(20-4)10(3)16/h7-8H,6H2,1-5H3. The average molecular weight is 329 g/mol. The summed E-state index contributed by atoms with van der Waals surface area (Å²) in [7, 11) is -2.39. The van der Waals surface area contributed by atoms with E-state index in [1.54, 1.807) is 6.92 Å². The second-order valence-corrected chi connectivity index (χ2v) is 6.56. The number of hydrogen-bond donors (Lipinski definition) is 0. The molecule has 0 fully saturated rings. The third kappa shape index (κ3) is 3.63. The van der Waals surface area contributed by atoms with Crippen molar-refractivity contribution in [3.05, 3.63) is 23.3 Å². The van der Waals surface area contributed by atoms with Gasteiger partial charge in [-0.2, -0.15) is 5.06 Å². The van der Waals surface area contributed by atoms with Crippen molar-refractivity contribution in [2.75, 3.05) is 25.0 Å². The van der Waals surface area contributed by atoms with Crippen LogP contribution in [0, 0.1) is 6.92 Å². The van der Waals surface area contributed by atoms with Crippen molar-refractivity contribution >= 4 is 27.4 Å². The molecule has 0 atom stereocenters. The number of carbonyl (C=O) groups is 2. The lowest BCUT2D eigenvalue weighted by Crippen LogP contribution is -2.30. The lowest BCUT2D eigenvalue weighted by atomic mass is 10.1. The molecule has 0 N–H and O–H groups in total. The van der Waals surface area contributed by atoms with Crippen molar-refractivity contribution < 1.29 is 27.6 Å². The number of hydrogen-bond acceptors (Lipinski definition) is 6. The maximum Gasteiger partial charge on any atom is 0.338 e. The normalized spacial score (nSPS) is 11.1. The lowest BCUT2D eigenvalue weighted by Gasteiger charge is -2.23. The van der Waals surface area contributed by atoms with E-state index >= 15 is 0 Å². The van der Waals surface area contributed by atoms with E-state index in [1.165, 1.54) is 33.1 Å². The van der Waals surface area contributed by atoms with Crippen molar-refractivity contribution in [1.29, 1.82) is 0 Å². The molecule has 0 saturated heterocycles. The molecule has 8 heteroatoms. The van der Waals surface area contributed by atoms with E-state index in [-0.39, 0.29) is 22.8 Å². The monoisotopic (exact) mass is 329 g/mol. The van der Waals surface area contributed by atoms with Gasteiger partial charge >= 0.3 is 5.97 Å². The fraction of sp³-hybridized carbons (Fsp3) is 0.429. The van der Waals surface area contributed by atoms with Gasteiger partial charge < -0.3 is 4.74 Å². The smallest absolute Gasteiger partial charge is 0.338 e. The topological polar surface area (TPSA) is 90.0 Å². The van der Waals surface area contributed by atoms with Gasteiger partial charge in [0.05, 0.1) is 29.9 Å². The van der Waals surface area contributed by atoms with E-state index in [0.717, 1.165) is 11.3 Å². The highest BCUT2D eigenvalue weighted by Gasteiger charge is 2.27. The van der Waals surface area contributed by atoms with Crippen LogP contribution in [0.5, 0.6) is 0 Å². The summed E-state index contributed by atoms with van der Waals surface area (Å²) in [4.78, 5) is 28.5. The van der Waals surface area contributed by atoms with E-state index in [0.29, 0.717) is 5.56 Å². The summed E-state index contributed by atoms with van der Waals surface area (Å²) in [6.45, 7) is 4.61. The first-order valence-electron chi connectivity index (χ1n) is 6.50. The number of carbonyl (C=O) groups excluding carboxylic acids is 2. The van der Waals surface area contributed by atoms with E-state index in [9.17, 15) is 18.0 Å². The number of sulfone groups is 1. The molecule has 0 radical (unpaired) electrons. The molecule has 0 heterocycles. The van der Waals surface area contributed by atoms with Crippen LogP contribution in [0.25, 0.3) is 0 Å². The van der Waals surface area contributed by atoms with E-state index in [1.807, 2.05) is 0 Å². The van der Waals surface area contributed by atoms with Crippen molar-refractivity contribution in [2.24, 2.45) is 0 Å². The molecule has 0 aliphatic heterocycles. The molecule has 0 bridgehead atoms. The van der Waals surface area contributed by atoms with E-state index in [4.69, 9.17) is 9.57 Å². The Balaban J connectivity index is 3.69. The largest absolute Gasteiger partial charge is 0.462 e. The molecule has 1 rings (SSSR count).